The molecule has 0 bridgehead atoms. The lowest BCUT2D eigenvalue weighted by atomic mass is 9.97. The predicted octanol–water partition coefficient (Wildman–Crippen LogP) is 3.20. The Morgan fingerprint density at radius 3 is 3.10 bits per heavy atom. The molecule has 0 aliphatic carbocycles. The first-order chi connectivity index (χ1) is 15.1. The van der Waals surface area contributed by atoms with E-state index in [1.807, 2.05) is 37.4 Å². The van der Waals surface area contributed by atoms with Crippen molar-refractivity contribution in [1.82, 2.24) is 10.1 Å². The Hall–Kier alpha value is -3.52. The maximum atomic E-state index is 14.1. The van der Waals surface area contributed by atoms with Gasteiger partial charge in [0.15, 0.2) is 5.69 Å². The van der Waals surface area contributed by atoms with Gasteiger partial charge in [-0.25, -0.2) is 14.5 Å². The molecule has 0 amide bonds. The highest BCUT2D eigenvalue weighted by Crippen LogP contribution is 2.37. The molecular formula is C23H26FN6O+. The Labute approximate surface area is 180 Å². The number of halogens is 1. The molecule has 3 heterocycles. The van der Waals surface area contributed by atoms with Gasteiger partial charge >= 0.3 is 5.65 Å². The third kappa shape index (κ3) is 4.20. The van der Waals surface area contributed by atoms with Crippen molar-refractivity contribution in [3.8, 4) is 0 Å². The molecule has 1 fully saturated rings. The molecule has 0 unspecified atom stereocenters. The molecule has 4 rings (SSSR count). The van der Waals surface area contributed by atoms with E-state index in [0.29, 0.717) is 16.9 Å². The Bertz CT molecular complexity index is 1170. The summed E-state index contributed by atoms with van der Waals surface area (Å²) in [5.74, 6) is 0.579. The topological polar surface area (TPSA) is 94.6 Å². The number of allylic oxidation sites excluding steroid dienone is 1. The minimum absolute atomic E-state index is 0.0453. The number of aromatic nitrogens is 3. The number of anilines is 1. The number of hydrogen-bond acceptors (Lipinski definition) is 5. The second kappa shape index (κ2) is 9.09. The van der Waals surface area contributed by atoms with E-state index < -0.39 is 0 Å². The van der Waals surface area contributed by atoms with Crippen LogP contribution in [0.5, 0.6) is 0 Å². The molecule has 1 aliphatic rings. The maximum Gasteiger partial charge on any atom is 0.376 e. The SMILES string of the molecule is C/C=C/c1ccc(F)cc1[C@H]1CCCN1c1cc[n+]2[nH]cc(N=CC(=CN)CO)c2n1. The van der Waals surface area contributed by atoms with Crippen LogP contribution < -0.4 is 15.1 Å². The van der Waals surface area contributed by atoms with Crippen molar-refractivity contribution in [2.45, 2.75) is 25.8 Å². The normalized spacial score (nSPS) is 17.6. The summed E-state index contributed by atoms with van der Waals surface area (Å²) in [4.78, 5) is 11.5. The van der Waals surface area contributed by atoms with Gasteiger partial charge in [0.25, 0.3) is 0 Å². The number of H-pyrrole nitrogens is 1. The molecule has 3 aromatic rings. The van der Waals surface area contributed by atoms with Crippen molar-refractivity contribution in [3.63, 3.8) is 0 Å². The number of nitrogens with two attached hydrogens (primary N) is 1. The molecular weight excluding hydrogens is 395 g/mol. The fourth-order valence-corrected chi connectivity index (χ4v) is 3.97. The molecule has 7 nitrogen and oxygen atoms in total. The quantitative estimate of drug-likeness (QED) is 0.421. The first-order valence-electron chi connectivity index (χ1n) is 10.3. The summed E-state index contributed by atoms with van der Waals surface area (Å²) in [6, 6.07) is 6.95. The van der Waals surface area contributed by atoms with Crippen LogP contribution in [-0.4, -0.2) is 34.6 Å². The lowest BCUT2D eigenvalue weighted by molar-refractivity contribution is -0.578. The van der Waals surface area contributed by atoms with E-state index in [4.69, 9.17) is 10.7 Å². The summed E-state index contributed by atoms with van der Waals surface area (Å²) in [5.41, 5.74) is 9.27. The summed E-state index contributed by atoms with van der Waals surface area (Å²) in [6.45, 7) is 2.61. The van der Waals surface area contributed by atoms with Gasteiger partial charge in [-0.05, 0) is 48.0 Å². The summed E-state index contributed by atoms with van der Waals surface area (Å²) in [7, 11) is 0. The average Bonchev–Trinajstić information content (AvgIpc) is 3.43. The number of benzene rings is 1. The maximum absolute atomic E-state index is 14.1. The lowest BCUT2D eigenvalue weighted by Gasteiger charge is -2.25. The van der Waals surface area contributed by atoms with Crippen molar-refractivity contribution >= 4 is 29.4 Å². The third-order valence-corrected chi connectivity index (χ3v) is 5.46. The van der Waals surface area contributed by atoms with Gasteiger partial charge in [0.2, 0.25) is 5.82 Å². The largest absolute Gasteiger partial charge is 0.404 e. The minimum atomic E-state index is -0.232. The van der Waals surface area contributed by atoms with Crippen LogP contribution in [0.25, 0.3) is 11.7 Å². The summed E-state index contributed by atoms with van der Waals surface area (Å²) in [5, 5.41) is 12.4. The first kappa shape index (κ1) is 20.7. The van der Waals surface area contributed by atoms with Gasteiger partial charge in [-0.1, -0.05) is 18.2 Å². The number of nitrogens with one attached hydrogen (secondary N) is 1. The van der Waals surface area contributed by atoms with Crippen molar-refractivity contribution in [2.75, 3.05) is 18.1 Å². The Kier molecular flexibility index (Phi) is 6.08. The molecule has 1 aliphatic heterocycles. The number of fused-ring (bicyclic) bond motifs is 1. The second-order valence-corrected chi connectivity index (χ2v) is 7.42. The van der Waals surface area contributed by atoms with Crippen LogP contribution in [0.4, 0.5) is 15.9 Å². The van der Waals surface area contributed by atoms with Crippen molar-refractivity contribution in [1.29, 1.82) is 0 Å². The van der Waals surface area contributed by atoms with Gasteiger partial charge in [-0.2, -0.15) is 0 Å². The fourth-order valence-electron chi connectivity index (χ4n) is 3.97. The van der Waals surface area contributed by atoms with Gasteiger partial charge in [-0.3, -0.25) is 0 Å². The zero-order valence-electron chi connectivity index (χ0n) is 17.4. The van der Waals surface area contributed by atoms with Crippen molar-refractivity contribution in [3.05, 3.63) is 71.5 Å². The van der Waals surface area contributed by atoms with Gasteiger partial charge in [-0.15, -0.1) is 4.52 Å². The monoisotopic (exact) mass is 421 g/mol. The van der Waals surface area contributed by atoms with E-state index >= 15 is 0 Å². The number of nitrogens with zero attached hydrogens (tertiary/aromatic N) is 4. The number of aliphatic imine (C=N–C) groups is 1. The molecule has 1 atom stereocenters. The van der Waals surface area contributed by atoms with Crippen LogP contribution in [0.2, 0.25) is 0 Å². The zero-order valence-corrected chi connectivity index (χ0v) is 17.4. The van der Waals surface area contributed by atoms with Crippen LogP contribution in [0.1, 0.15) is 36.9 Å². The molecule has 1 saturated heterocycles. The standard InChI is InChI=1S/C23H25FN6O/c1-2-4-17-6-7-18(24)11-19(17)21-5-3-9-29(21)22-8-10-30-23(28-22)20(14-27-30)26-13-16(12-25)15-31/h2,4,6-8,10-14,21,31H,3,5,9,15H2,1H3,(H2,25,26)/p+1/b4-2+/t21-/m1/s1. The molecule has 4 N–H and O–H groups in total. The molecule has 2 aromatic heterocycles. The van der Waals surface area contributed by atoms with Crippen LogP contribution in [0.15, 0.2) is 59.5 Å². The molecule has 1 aromatic carbocycles. The van der Waals surface area contributed by atoms with Crippen molar-refractivity contribution < 1.29 is 14.0 Å². The van der Waals surface area contributed by atoms with Gasteiger partial charge < -0.3 is 15.7 Å². The van der Waals surface area contributed by atoms with E-state index in [1.165, 1.54) is 18.5 Å². The molecule has 0 radical (unpaired) electrons. The fraction of sp³-hybridized carbons (Fsp3) is 0.261. The van der Waals surface area contributed by atoms with Gasteiger partial charge in [0, 0.05) is 30.6 Å². The molecule has 0 saturated carbocycles. The first-order valence-corrected chi connectivity index (χ1v) is 10.3. The smallest absolute Gasteiger partial charge is 0.376 e. The third-order valence-electron chi connectivity index (χ3n) is 5.46. The van der Waals surface area contributed by atoms with Crippen LogP contribution in [0, 0.1) is 5.82 Å². The van der Waals surface area contributed by atoms with E-state index in [9.17, 15) is 9.50 Å². The van der Waals surface area contributed by atoms with Crippen LogP contribution in [0.3, 0.4) is 0 Å². The number of aliphatic hydroxyl groups excluding tert-OH is 1. The number of aromatic amines is 1. The average molecular weight is 422 g/mol. The van der Waals surface area contributed by atoms with E-state index in [2.05, 4.69) is 15.0 Å². The van der Waals surface area contributed by atoms with Crippen molar-refractivity contribution in [2.24, 2.45) is 10.7 Å². The zero-order chi connectivity index (χ0) is 21.8. The second-order valence-electron chi connectivity index (χ2n) is 7.42. The number of aliphatic hydroxyl groups is 1. The number of hydrogen-bond donors (Lipinski definition) is 3. The van der Waals surface area contributed by atoms with E-state index in [1.54, 1.807) is 16.8 Å². The van der Waals surface area contributed by atoms with Gasteiger partial charge in [0.05, 0.1) is 18.8 Å². The molecule has 31 heavy (non-hydrogen) atoms. The van der Waals surface area contributed by atoms with E-state index in [0.717, 1.165) is 36.3 Å². The van der Waals surface area contributed by atoms with Crippen LogP contribution >= 0.6 is 0 Å². The predicted molar refractivity (Wildman–Crippen MR) is 120 cm³/mol. The Morgan fingerprint density at radius 2 is 2.32 bits per heavy atom. The highest BCUT2D eigenvalue weighted by Gasteiger charge is 2.32. The molecule has 8 heteroatoms. The summed E-state index contributed by atoms with van der Waals surface area (Å²) in [6.07, 6.45) is 12.4. The summed E-state index contributed by atoms with van der Waals surface area (Å²) >= 11 is 0. The van der Waals surface area contributed by atoms with E-state index in [-0.39, 0.29) is 18.5 Å². The molecule has 0 spiro atoms. The Morgan fingerprint density at radius 1 is 1.45 bits per heavy atom. The highest BCUT2D eigenvalue weighted by atomic mass is 19.1. The highest BCUT2D eigenvalue weighted by molar-refractivity contribution is 5.82. The molecule has 160 valence electrons. The lowest BCUT2D eigenvalue weighted by Crippen LogP contribution is -2.28. The Balaban J connectivity index is 1.71. The summed E-state index contributed by atoms with van der Waals surface area (Å²) < 4.78 is 15.9. The minimum Gasteiger partial charge on any atom is -0.404 e. The number of rotatable bonds is 6. The van der Waals surface area contributed by atoms with Crippen LogP contribution in [-0.2, 0) is 0 Å². The van der Waals surface area contributed by atoms with Gasteiger partial charge in [0.1, 0.15) is 12.0 Å².